The molecule has 0 bridgehead atoms. The molecule has 2 unspecified atom stereocenters. The fraction of sp³-hybridized carbons (Fsp3) is 0.571. The zero-order valence-corrected chi connectivity index (χ0v) is 5.58. The summed E-state index contributed by atoms with van der Waals surface area (Å²) in [5.41, 5.74) is 0. The minimum absolute atomic E-state index is 0.110. The molecule has 1 N–H and O–H groups in total. The van der Waals surface area contributed by atoms with Crippen LogP contribution in [0.1, 0.15) is 0 Å². The lowest BCUT2D eigenvalue weighted by atomic mass is 10.2. The Kier molecular flexibility index (Phi) is 1.53. The van der Waals surface area contributed by atoms with Crippen LogP contribution < -0.4 is 5.32 Å². The van der Waals surface area contributed by atoms with Crippen molar-refractivity contribution in [3.05, 3.63) is 12.2 Å². The molecule has 1 fully saturated rings. The summed E-state index contributed by atoms with van der Waals surface area (Å²) in [5.74, 6) is 0. The van der Waals surface area contributed by atoms with Gasteiger partial charge in [-0.05, 0) is 6.08 Å². The summed E-state index contributed by atoms with van der Waals surface area (Å²) < 4.78 is 5.40. The molecule has 2 aliphatic heterocycles. The highest BCUT2D eigenvalue weighted by Crippen LogP contribution is 2.09. The van der Waals surface area contributed by atoms with E-state index in [1.54, 1.807) is 6.08 Å². The van der Waals surface area contributed by atoms with Crippen LogP contribution in [0, 0.1) is 0 Å². The van der Waals surface area contributed by atoms with Crippen LogP contribution >= 0.6 is 0 Å². The van der Waals surface area contributed by atoms with E-state index in [0.717, 1.165) is 13.2 Å². The summed E-state index contributed by atoms with van der Waals surface area (Å²) in [6.07, 6.45) is 6.81. The average molecular weight is 137 g/mol. The van der Waals surface area contributed by atoms with Gasteiger partial charge in [-0.25, -0.2) is 0 Å². The second-order valence-electron chi connectivity index (χ2n) is 2.35. The average Bonchev–Trinajstić information content (AvgIpc) is 2.05. The van der Waals surface area contributed by atoms with Crippen molar-refractivity contribution in [1.82, 2.24) is 5.32 Å². The number of nitrogens with one attached hydrogen (secondary N) is 1. The van der Waals surface area contributed by atoms with E-state index in [4.69, 9.17) is 4.74 Å². The number of morpholine rings is 1. The number of rotatable bonds is 0. The van der Waals surface area contributed by atoms with E-state index >= 15 is 0 Å². The minimum Gasteiger partial charge on any atom is -0.369 e. The minimum atomic E-state index is 0.110. The van der Waals surface area contributed by atoms with Crippen molar-refractivity contribution in [3.8, 4) is 0 Å². The summed E-state index contributed by atoms with van der Waals surface area (Å²) in [6.45, 7) is 1.67. The molecule has 53 valence electrons. The van der Waals surface area contributed by atoms with Crippen molar-refractivity contribution in [2.75, 3.05) is 13.2 Å². The lowest BCUT2D eigenvalue weighted by molar-refractivity contribution is 0.0282. The van der Waals surface area contributed by atoms with Gasteiger partial charge in [0, 0.05) is 6.54 Å². The molecule has 0 aromatic heterocycles. The Morgan fingerprint density at radius 3 is 3.60 bits per heavy atom. The summed E-state index contributed by atoms with van der Waals surface area (Å²) in [4.78, 5) is 4.08. The third-order valence-corrected chi connectivity index (χ3v) is 1.65. The second kappa shape index (κ2) is 2.52. The molecule has 2 heterocycles. The third kappa shape index (κ3) is 0.978. The smallest absolute Gasteiger partial charge is 0.130 e. The van der Waals surface area contributed by atoms with Crippen molar-refractivity contribution < 1.29 is 4.74 Å². The van der Waals surface area contributed by atoms with Crippen LogP contribution in [0.3, 0.4) is 0 Å². The van der Waals surface area contributed by atoms with Crippen LogP contribution in [0.5, 0.6) is 0 Å². The monoisotopic (exact) mass is 137 g/mol. The molecule has 3 heteroatoms. The zero-order valence-electron chi connectivity index (χ0n) is 5.58. The molecule has 0 saturated carbocycles. The predicted molar refractivity (Wildman–Crippen MR) is 38.1 cm³/mol. The lowest BCUT2D eigenvalue weighted by Crippen LogP contribution is -2.47. The second-order valence-corrected chi connectivity index (χ2v) is 2.35. The molecule has 2 rings (SSSR count). The van der Waals surface area contributed by atoms with Crippen molar-refractivity contribution in [2.45, 2.75) is 12.3 Å². The Hall–Kier alpha value is -0.670. The topological polar surface area (TPSA) is 33.6 Å². The van der Waals surface area contributed by atoms with E-state index in [1.165, 1.54) is 0 Å². The van der Waals surface area contributed by atoms with Gasteiger partial charge < -0.3 is 4.74 Å². The Morgan fingerprint density at radius 1 is 1.70 bits per heavy atom. The Labute approximate surface area is 59.8 Å². The molecular formula is C7H9N2O. The van der Waals surface area contributed by atoms with E-state index < -0.39 is 0 Å². The fourth-order valence-corrected chi connectivity index (χ4v) is 1.15. The van der Waals surface area contributed by atoms with Crippen LogP contribution in [0.4, 0.5) is 0 Å². The molecule has 1 radical (unpaired) electrons. The first-order valence-corrected chi connectivity index (χ1v) is 3.44. The van der Waals surface area contributed by atoms with Crippen LogP contribution in [-0.2, 0) is 4.74 Å². The highest BCUT2D eigenvalue weighted by Gasteiger charge is 2.23. The summed E-state index contributed by atoms with van der Waals surface area (Å²) in [5, 5.41) is 3.22. The molecule has 0 aromatic carbocycles. The Balaban J connectivity index is 2.09. The molecule has 0 aromatic rings. The van der Waals surface area contributed by atoms with Crippen molar-refractivity contribution >= 4 is 6.21 Å². The van der Waals surface area contributed by atoms with Gasteiger partial charge in [-0.15, -0.1) is 0 Å². The number of dihydropyridines is 1. The van der Waals surface area contributed by atoms with Gasteiger partial charge in [0.2, 0.25) is 0 Å². The molecule has 0 aliphatic carbocycles. The third-order valence-electron chi connectivity index (χ3n) is 1.65. The van der Waals surface area contributed by atoms with E-state index in [2.05, 4.69) is 16.5 Å². The molecule has 2 atom stereocenters. The Bertz CT molecular complexity index is 156. The molecule has 0 amide bonds. The van der Waals surface area contributed by atoms with Gasteiger partial charge in [-0.2, -0.15) is 0 Å². The summed E-state index contributed by atoms with van der Waals surface area (Å²) in [6, 6.07) is 0. The zero-order chi connectivity index (χ0) is 6.81. The molecule has 2 aliphatic rings. The van der Waals surface area contributed by atoms with Crippen molar-refractivity contribution in [1.29, 1.82) is 0 Å². The number of fused-ring (bicyclic) bond motifs is 1. The largest absolute Gasteiger partial charge is 0.369 e. The maximum Gasteiger partial charge on any atom is 0.130 e. The van der Waals surface area contributed by atoms with E-state index in [9.17, 15) is 0 Å². The highest BCUT2D eigenvalue weighted by atomic mass is 16.5. The van der Waals surface area contributed by atoms with Crippen LogP contribution in [0.2, 0.25) is 0 Å². The quantitative estimate of drug-likeness (QED) is 0.502. The first kappa shape index (κ1) is 6.07. The van der Waals surface area contributed by atoms with Gasteiger partial charge in [0.25, 0.3) is 0 Å². The maximum atomic E-state index is 5.40. The first-order valence-electron chi connectivity index (χ1n) is 3.44. The fourth-order valence-electron chi connectivity index (χ4n) is 1.15. The molecule has 3 nitrogen and oxygen atoms in total. The number of ether oxygens (including phenoxy) is 1. The molecule has 10 heavy (non-hydrogen) atoms. The van der Waals surface area contributed by atoms with E-state index in [1.807, 2.05) is 6.08 Å². The van der Waals surface area contributed by atoms with Crippen molar-refractivity contribution in [2.24, 2.45) is 4.99 Å². The SMILES string of the molecule is [C]1=NC2NCCOC2C=C1. The van der Waals surface area contributed by atoms with Gasteiger partial charge in [0.05, 0.1) is 12.8 Å². The number of hydrogen-bond acceptors (Lipinski definition) is 3. The van der Waals surface area contributed by atoms with Gasteiger partial charge in [-0.1, -0.05) is 6.08 Å². The molecule has 1 saturated heterocycles. The molecular weight excluding hydrogens is 128 g/mol. The number of nitrogens with zero attached hydrogens (tertiary/aromatic N) is 1. The maximum absolute atomic E-state index is 5.40. The number of aliphatic imine (C=N–C) groups is 1. The van der Waals surface area contributed by atoms with Gasteiger partial charge in [-0.3, -0.25) is 10.3 Å². The van der Waals surface area contributed by atoms with Crippen LogP contribution in [0.25, 0.3) is 0 Å². The van der Waals surface area contributed by atoms with Crippen LogP contribution in [0.15, 0.2) is 17.1 Å². The Morgan fingerprint density at radius 2 is 2.70 bits per heavy atom. The van der Waals surface area contributed by atoms with Gasteiger partial charge >= 0.3 is 0 Å². The van der Waals surface area contributed by atoms with E-state index in [0.29, 0.717) is 0 Å². The number of allylic oxidation sites excluding steroid dienone is 1. The lowest BCUT2D eigenvalue weighted by Gasteiger charge is -2.28. The highest BCUT2D eigenvalue weighted by molar-refractivity contribution is 5.72. The molecule has 0 spiro atoms. The summed E-state index contributed by atoms with van der Waals surface area (Å²) in [7, 11) is 0. The normalized spacial score (nSPS) is 37.6. The number of hydrogen-bond donors (Lipinski definition) is 1. The van der Waals surface area contributed by atoms with E-state index in [-0.39, 0.29) is 12.3 Å². The predicted octanol–water partition coefficient (Wildman–Crippen LogP) is -0.181. The standard InChI is InChI=1S/C7H9N2O/c1-2-6-7(8-3-1)9-4-5-10-6/h1-2,6-7,9H,4-5H2. The summed E-state index contributed by atoms with van der Waals surface area (Å²) >= 11 is 0. The van der Waals surface area contributed by atoms with Crippen molar-refractivity contribution in [3.63, 3.8) is 0 Å². The van der Waals surface area contributed by atoms with Crippen LogP contribution in [-0.4, -0.2) is 31.6 Å². The van der Waals surface area contributed by atoms with Gasteiger partial charge in [0.1, 0.15) is 12.3 Å². The van der Waals surface area contributed by atoms with Gasteiger partial charge in [0.15, 0.2) is 0 Å². The first-order chi connectivity index (χ1) is 4.97.